The number of ether oxygens (including phenoxy) is 1. The van der Waals surface area contributed by atoms with E-state index in [9.17, 15) is 5.11 Å². The highest BCUT2D eigenvalue weighted by Gasteiger charge is 2.16. The van der Waals surface area contributed by atoms with Gasteiger partial charge in [-0.15, -0.1) is 0 Å². The fraction of sp³-hybridized carbons (Fsp3) is 0.105. The number of aromatic nitrogens is 4. The third-order valence-corrected chi connectivity index (χ3v) is 4.16. The first-order chi connectivity index (χ1) is 12.2. The number of aryl methyl sites for hydroxylation is 1. The summed E-state index contributed by atoms with van der Waals surface area (Å²) in [7, 11) is 1.59. The maximum atomic E-state index is 9.88. The molecule has 6 nitrogen and oxygen atoms in total. The van der Waals surface area contributed by atoms with Crippen molar-refractivity contribution < 1.29 is 9.84 Å². The molecule has 0 fully saturated rings. The van der Waals surface area contributed by atoms with Crippen molar-refractivity contribution in [2.24, 2.45) is 0 Å². The number of benzene rings is 1. The maximum Gasteiger partial charge on any atom is 0.182 e. The highest BCUT2D eigenvalue weighted by molar-refractivity contribution is 5.97. The van der Waals surface area contributed by atoms with E-state index in [4.69, 9.17) is 4.74 Å². The van der Waals surface area contributed by atoms with E-state index in [1.54, 1.807) is 37.7 Å². The van der Waals surface area contributed by atoms with Crippen LogP contribution in [0.4, 0.5) is 0 Å². The second-order valence-corrected chi connectivity index (χ2v) is 5.72. The van der Waals surface area contributed by atoms with Crippen LogP contribution in [0.1, 0.15) is 5.69 Å². The van der Waals surface area contributed by atoms with Gasteiger partial charge in [0.2, 0.25) is 0 Å². The van der Waals surface area contributed by atoms with Gasteiger partial charge in [0.1, 0.15) is 11.5 Å². The van der Waals surface area contributed by atoms with Gasteiger partial charge in [-0.3, -0.25) is 10.1 Å². The first kappa shape index (κ1) is 15.1. The van der Waals surface area contributed by atoms with Crippen molar-refractivity contribution in [3.8, 4) is 33.9 Å². The van der Waals surface area contributed by atoms with Gasteiger partial charge in [0.05, 0.1) is 12.8 Å². The van der Waals surface area contributed by atoms with Crippen molar-refractivity contribution in [3.05, 3.63) is 54.5 Å². The minimum Gasteiger partial charge on any atom is -0.508 e. The Hall–Kier alpha value is -3.41. The molecular weight excluding hydrogens is 316 g/mol. The summed E-state index contributed by atoms with van der Waals surface area (Å²) in [4.78, 5) is 8.74. The third-order valence-electron chi connectivity index (χ3n) is 4.16. The number of fused-ring (bicyclic) bond motifs is 1. The van der Waals surface area contributed by atoms with Gasteiger partial charge in [-0.2, -0.15) is 5.10 Å². The van der Waals surface area contributed by atoms with Gasteiger partial charge in [0, 0.05) is 29.0 Å². The molecule has 0 amide bonds. The van der Waals surface area contributed by atoms with Crippen LogP contribution in [0, 0.1) is 6.92 Å². The molecule has 4 aromatic rings. The van der Waals surface area contributed by atoms with Crippen LogP contribution in [0.25, 0.3) is 33.4 Å². The second kappa shape index (κ2) is 5.90. The number of H-pyrrole nitrogens is 1. The van der Waals surface area contributed by atoms with Crippen LogP contribution in [-0.2, 0) is 0 Å². The molecule has 2 N–H and O–H groups in total. The van der Waals surface area contributed by atoms with Crippen molar-refractivity contribution in [1.82, 2.24) is 20.2 Å². The standard InChI is InChI=1S/C19H16N4O2/c1-11-18-14(12-5-7-20-8-6-12)10-16(21-19(18)23-22-11)15-9-13(24)3-4-17(15)25-2/h3-10,24H,1-2H3,(H,21,22,23). The van der Waals surface area contributed by atoms with Gasteiger partial charge >= 0.3 is 0 Å². The van der Waals surface area contributed by atoms with Crippen LogP contribution in [0.2, 0.25) is 0 Å². The molecule has 124 valence electrons. The summed E-state index contributed by atoms with van der Waals surface area (Å²) in [6, 6.07) is 10.8. The van der Waals surface area contributed by atoms with Gasteiger partial charge in [0.25, 0.3) is 0 Å². The molecule has 0 aliphatic rings. The molecule has 4 rings (SSSR count). The molecule has 0 spiro atoms. The number of phenolic OH excluding ortho intramolecular Hbond substituents is 1. The zero-order valence-corrected chi connectivity index (χ0v) is 13.8. The molecule has 6 heteroatoms. The molecule has 0 aliphatic heterocycles. The van der Waals surface area contributed by atoms with E-state index in [1.807, 2.05) is 25.1 Å². The minimum absolute atomic E-state index is 0.154. The van der Waals surface area contributed by atoms with E-state index < -0.39 is 0 Å². The number of phenols is 1. The zero-order valence-electron chi connectivity index (χ0n) is 13.8. The number of nitrogens with one attached hydrogen (secondary N) is 1. The third kappa shape index (κ3) is 2.57. The van der Waals surface area contributed by atoms with Gasteiger partial charge in [-0.25, -0.2) is 4.98 Å². The first-order valence-corrected chi connectivity index (χ1v) is 7.81. The summed E-state index contributed by atoms with van der Waals surface area (Å²) in [5.41, 5.74) is 4.97. The first-order valence-electron chi connectivity index (χ1n) is 7.81. The summed E-state index contributed by atoms with van der Waals surface area (Å²) in [5.74, 6) is 0.791. The van der Waals surface area contributed by atoms with Crippen LogP contribution in [0.5, 0.6) is 11.5 Å². The Balaban J connectivity index is 2.03. The number of rotatable bonds is 3. The number of aromatic hydroxyl groups is 1. The summed E-state index contributed by atoms with van der Waals surface area (Å²) >= 11 is 0. The topological polar surface area (TPSA) is 83.9 Å². The molecule has 0 saturated carbocycles. The molecule has 0 atom stereocenters. The summed E-state index contributed by atoms with van der Waals surface area (Å²) in [6.45, 7) is 1.97. The van der Waals surface area contributed by atoms with Crippen molar-refractivity contribution in [1.29, 1.82) is 0 Å². The van der Waals surface area contributed by atoms with Crippen molar-refractivity contribution in [3.63, 3.8) is 0 Å². The van der Waals surface area contributed by atoms with Crippen molar-refractivity contribution >= 4 is 11.0 Å². The van der Waals surface area contributed by atoms with E-state index in [0.717, 1.165) is 22.2 Å². The molecule has 0 radical (unpaired) electrons. The summed E-state index contributed by atoms with van der Waals surface area (Å²) in [6.07, 6.45) is 3.51. The Kier molecular flexibility index (Phi) is 3.57. The Labute approximate surface area is 144 Å². The van der Waals surface area contributed by atoms with Gasteiger partial charge in [-0.1, -0.05) is 0 Å². The van der Waals surface area contributed by atoms with E-state index in [-0.39, 0.29) is 5.75 Å². The predicted octanol–water partition coefficient (Wildman–Crippen LogP) is 3.71. The smallest absolute Gasteiger partial charge is 0.182 e. The fourth-order valence-electron chi connectivity index (χ4n) is 2.97. The molecule has 3 aromatic heterocycles. The number of hydrogen-bond donors (Lipinski definition) is 2. The highest BCUT2D eigenvalue weighted by Crippen LogP contribution is 2.37. The molecule has 0 unspecified atom stereocenters. The molecule has 0 aliphatic carbocycles. The van der Waals surface area contributed by atoms with Crippen LogP contribution >= 0.6 is 0 Å². The number of aromatic amines is 1. The lowest BCUT2D eigenvalue weighted by molar-refractivity contribution is 0.414. The van der Waals surface area contributed by atoms with E-state index in [0.29, 0.717) is 22.7 Å². The van der Waals surface area contributed by atoms with Crippen LogP contribution in [0.15, 0.2) is 48.8 Å². The Morgan fingerprint density at radius 1 is 1.04 bits per heavy atom. The normalized spacial score (nSPS) is 11.0. The van der Waals surface area contributed by atoms with E-state index >= 15 is 0 Å². The highest BCUT2D eigenvalue weighted by atomic mass is 16.5. The largest absolute Gasteiger partial charge is 0.508 e. The van der Waals surface area contributed by atoms with Gasteiger partial charge in [0.15, 0.2) is 5.65 Å². The zero-order chi connectivity index (χ0) is 17.4. The average Bonchev–Trinajstić information content (AvgIpc) is 3.03. The number of nitrogens with zero attached hydrogens (tertiary/aromatic N) is 3. The lowest BCUT2D eigenvalue weighted by Crippen LogP contribution is -1.93. The molecule has 1 aromatic carbocycles. The lowest BCUT2D eigenvalue weighted by atomic mass is 10.00. The Bertz CT molecular complexity index is 1060. The quantitative estimate of drug-likeness (QED) is 0.597. The molecule has 3 heterocycles. The number of hydrogen-bond acceptors (Lipinski definition) is 5. The molecule has 25 heavy (non-hydrogen) atoms. The monoisotopic (exact) mass is 332 g/mol. The Morgan fingerprint density at radius 2 is 1.84 bits per heavy atom. The molecular formula is C19H16N4O2. The Morgan fingerprint density at radius 3 is 2.60 bits per heavy atom. The summed E-state index contributed by atoms with van der Waals surface area (Å²) in [5, 5.41) is 18.2. The van der Waals surface area contributed by atoms with Crippen LogP contribution < -0.4 is 4.74 Å². The van der Waals surface area contributed by atoms with Gasteiger partial charge in [-0.05, 0) is 54.4 Å². The minimum atomic E-state index is 0.154. The van der Waals surface area contributed by atoms with E-state index in [2.05, 4.69) is 20.2 Å². The summed E-state index contributed by atoms with van der Waals surface area (Å²) < 4.78 is 5.43. The van der Waals surface area contributed by atoms with Crippen molar-refractivity contribution in [2.45, 2.75) is 6.92 Å². The number of methoxy groups -OCH3 is 1. The second-order valence-electron chi connectivity index (χ2n) is 5.72. The van der Waals surface area contributed by atoms with Crippen LogP contribution in [-0.4, -0.2) is 32.4 Å². The maximum absolute atomic E-state index is 9.88. The predicted molar refractivity (Wildman–Crippen MR) is 95.5 cm³/mol. The molecule has 0 bridgehead atoms. The fourth-order valence-corrected chi connectivity index (χ4v) is 2.97. The average molecular weight is 332 g/mol. The van der Waals surface area contributed by atoms with Crippen molar-refractivity contribution in [2.75, 3.05) is 7.11 Å². The lowest BCUT2D eigenvalue weighted by Gasteiger charge is -2.11. The number of pyridine rings is 2. The molecule has 0 saturated heterocycles. The van der Waals surface area contributed by atoms with Gasteiger partial charge < -0.3 is 9.84 Å². The SMILES string of the molecule is COc1ccc(O)cc1-c1cc(-c2ccncc2)c2c(C)[nH]nc2n1. The van der Waals surface area contributed by atoms with E-state index in [1.165, 1.54) is 0 Å². The van der Waals surface area contributed by atoms with Crippen LogP contribution in [0.3, 0.4) is 0 Å².